The van der Waals surface area contributed by atoms with Crippen molar-refractivity contribution in [3.8, 4) is 11.3 Å². The van der Waals surface area contributed by atoms with E-state index in [2.05, 4.69) is 26.3 Å². The fourth-order valence-electron chi connectivity index (χ4n) is 1.52. The molecule has 0 aliphatic rings. The lowest BCUT2D eigenvalue weighted by atomic mass is 10.1. The first kappa shape index (κ1) is 11.7. The van der Waals surface area contributed by atoms with Crippen LogP contribution in [0, 0.1) is 0 Å². The molecule has 2 aromatic rings. The molecule has 0 spiro atoms. The molecule has 0 bridgehead atoms. The van der Waals surface area contributed by atoms with Gasteiger partial charge in [0.15, 0.2) is 0 Å². The highest BCUT2D eigenvalue weighted by molar-refractivity contribution is 9.10. The van der Waals surface area contributed by atoms with Gasteiger partial charge in [-0.3, -0.25) is 10.00 Å². The molecule has 88 valence electrons. The third-order valence-electron chi connectivity index (χ3n) is 2.17. The number of rotatable bonds is 2. The molecule has 5 nitrogen and oxygen atoms in total. The lowest BCUT2D eigenvalue weighted by molar-refractivity contribution is 0.210. The maximum Gasteiger partial charge on any atom is 0.409 e. The number of carboxylic acid groups (broad SMARTS) is 1. The highest BCUT2D eigenvalue weighted by atomic mass is 79.9. The Hall–Kier alpha value is -1.82. The Labute approximate surface area is 106 Å². The van der Waals surface area contributed by atoms with Crippen molar-refractivity contribution in [3.63, 3.8) is 0 Å². The number of benzene rings is 1. The van der Waals surface area contributed by atoms with Crippen LogP contribution in [0.15, 0.2) is 34.9 Å². The van der Waals surface area contributed by atoms with E-state index in [0.717, 1.165) is 15.7 Å². The fraction of sp³-hybridized carbons (Fsp3) is 0.0909. The summed E-state index contributed by atoms with van der Waals surface area (Å²) in [4.78, 5) is 10.5. The van der Waals surface area contributed by atoms with Gasteiger partial charge < -0.3 is 5.11 Å². The van der Waals surface area contributed by atoms with E-state index in [-0.39, 0.29) is 0 Å². The van der Waals surface area contributed by atoms with Crippen molar-refractivity contribution in [2.45, 2.75) is 0 Å². The maximum absolute atomic E-state index is 10.5. The van der Waals surface area contributed by atoms with Crippen LogP contribution in [0.25, 0.3) is 11.3 Å². The third kappa shape index (κ3) is 2.65. The minimum absolute atomic E-state index is 0.521. The zero-order valence-electron chi connectivity index (χ0n) is 9.01. The number of nitrogens with zero attached hydrogens (tertiary/aromatic N) is 2. The molecule has 1 aromatic heterocycles. The number of halogens is 1. The Morgan fingerprint density at radius 2 is 2.29 bits per heavy atom. The van der Waals surface area contributed by atoms with Gasteiger partial charge in [0.2, 0.25) is 0 Å². The Morgan fingerprint density at radius 1 is 1.53 bits per heavy atom. The van der Waals surface area contributed by atoms with E-state index < -0.39 is 6.09 Å². The van der Waals surface area contributed by atoms with Crippen molar-refractivity contribution in [1.82, 2.24) is 9.78 Å². The van der Waals surface area contributed by atoms with Crippen molar-refractivity contribution < 1.29 is 9.90 Å². The standard InChI is InChI=1S/C11H10BrN3O2/c1-15-6-9(12)10(14-15)7-3-2-4-8(5-7)13-11(16)17/h2-6,13H,1H3,(H,16,17). The highest BCUT2D eigenvalue weighted by Gasteiger charge is 2.08. The van der Waals surface area contributed by atoms with Crippen LogP contribution in [-0.4, -0.2) is 21.0 Å². The van der Waals surface area contributed by atoms with Crippen LogP contribution in [0.2, 0.25) is 0 Å². The first-order chi connectivity index (χ1) is 8.06. The van der Waals surface area contributed by atoms with Crippen LogP contribution in [0.1, 0.15) is 0 Å². The Kier molecular flexibility index (Phi) is 3.14. The molecule has 0 saturated heterocycles. The van der Waals surface area contributed by atoms with Gasteiger partial charge in [-0.25, -0.2) is 4.79 Å². The molecule has 6 heteroatoms. The minimum atomic E-state index is -1.08. The number of anilines is 1. The van der Waals surface area contributed by atoms with Crippen molar-refractivity contribution in [3.05, 3.63) is 34.9 Å². The van der Waals surface area contributed by atoms with Gasteiger partial charge in [-0.2, -0.15) is 5.10 Å². The van der Waals surface area contributed by atoms with Gasteiger partial charge >= 0.3 is 6.09 Å². The van der Waals surface area contributed by atoms with E-state index in [1.807, 2.05) is 19.3 Å². The van der Waals surface area contributed by atoms with Gasteiger partial charge in [0.1, 0.15) is 5.69 Å². The first-order valence-electron chi connectivity index (χ1n) is 4.86. The van der Waals surface area contributed by atoms with Crippen molar-refractivity contribution in [1.29, 1.82) is 0 Å². The number of aryl methyl sites for hydroxylation is 1. The van der Waals surface area contributed by atoms with Gasteiger partial charge in [-0.1, -0.05) is 12.1 Å². The molecule has 2 N–H and O–H groups in total. The fourth-order valence-corrected chi connectivity index (χ4v) is 2.13. The van der Waals surface area contributed by atoms with Crippen LogP contribution in [-0.2, 0) is 7.05 Å². The van der Waals surface area contributed by atoms with Gasteiger partial charge in [-0.15, -0.1) is 0 Å². The lowest BCUT2D eigenvalue weighted by Gasteiger charge is -2.03. The lowest BCUT2D eigenvalue weighted by Crippen LogP contribution is -2.06. The molecule has 0 radical (unpaired) electrons. The Balaban J connectivity index is 2.39. The average molecular weight is 296 g/mol. The van der Waals surface area contributed by atoms with E-state index in [9.17, 15) is 4.79 Å². The van der Waals surface area contributed by atoms with Crippen molar-refractivity contribution >= 4 is 27.7 Å². The highest BCUT2D eigenvalue weighted by Crippen LogP contribution is 2.28. The van der Waals surface area contributed by atoms with Gasteiger partial charge in [0, 0.05) is 24.5 Å². The summed E-state index contributed by atoms with van der Waals surface area (Å²) in [5.74, 6) is 0. The first-order valence-corrected chi connectivity index (χ1v) is 5.65. The summed E-state index contributed by atoms with van der Waals surface area (Å²) in [5, 5.41) is 15.3. The second kappa shape index (κ2) is 4.58. The summed E-state index contributed by atoms with van der Waals surface area (Å²) in [6.45, 7) is 0. The molecule has 2 rings (SSSR count). The van der Waals surface area contributed by atoms with Crippen molar-refractivity contribution in [2.75, 3.05) is 5.32 Å². The molecule has 0 saturated carbocycles. The SMILES string of the molecule is Cn1cc(Br)c(-c2cccc(NC(=O)O)c2)n1. The zero-order chi connectivity index (χ0) is 12.4. The number of amides is 1. The van der Waals surface area contributed by atoms with Crippen LogP contribution < -0.4 is 5.32 Å². The minimum Gasteiger partial charge on any atom is -0.465 e. The van der Waals surface area contributed by atoms with Crippen LogP contribution in [0.4, 0.5) is 10.5 Å². The van der Waals surface area contributed by atoms with E-state index in [1.54, 1.807) is 22.9 Å². The predicted molar refractivity (Wildman–Crippen MR) is 68.0 cm³/mol. The number of hydrogen-bond donors (Lipinski definition) is 2. The molecule has 0 fully saturated rings. The molecule has 1 heterocycles. The normalized spacial score (nSPS) is 10.2. The second-order valence-electron chi connectivity index (χ2n) is 3.51. The summed E-state index contributed by atoms with van der Waals surface area (Å²) < 4.78 is 2.56. The van der Waals surface area contributed by atoms with E-state index >= 15 is 0 Å². The maximum atomic E-state index is 10.5. The predicted octanol–water partition coefficient (Wildman–Crippen LogP) is 2.94. The molecule has 0 atom stereocenters. The number of carbonyl (C=O) groups is 1. The molecule has 17 heavy (non-hydrogen) atoms. The van der Waals surface area contributed by atoms with Crippen LogP contribution in [0.3, 0.4) is 0 Å². The van der Waals surface area contributed by atoms with Gasteiger partial charge in [0.05, 0.1) is 4.47 Å². The topological polar surface area (TPSA) is 67.2 Å². The van der Waals surface area contributed by atoms with Crippen LogP contribution in [0.5, 0.6) is 0 Å². The number of nitrogens with one attached hydrogen (secondary N) is 1. The second-order valence-corrected chi connectivity index (χ2v) is 4.36. The molecule has 1 amide bonds. The van der Waals surface area contributed by atoms with Crippen molar-refractivity contribution in [2.24, 2.45) is 7.05 Å². The molecular weight excluding hydrogens is 286 g/mol. The monoisotopic (exact) mass is 295 g/mol. The summed E-state index contributed by atoms with van der Waals surface area (Å²) in [6, 6.07) is 7.08. The quantitative estimate of drug-likeness (QED) is 0.895. The summed E-state index contributed by atoms with van der Waals surface area (Å²) in [7, 11) is 1.83. The Morgan fingerprint density at radius 3 is 2.88 bits per heavy atom. The molecule has 0 aliphatic heterocycles. The molecule has 1 aromatic carbocycles. The van der Waals surface area contributed by atoms with E-state index in [0.29, 0.717) is 5.69 Å². The van der Waals surface area contributed by atoms with Gasteiger partial charge in [-0.05, 0) is 28.1 Å². The zero-order valence-corrected chi connectivity index (χ0v) is 10.6. The molecule has 0 aliphatic carbocycles. The number of aromatic nitrogens is 2. The summed E-state index contributed by atoms with van der Waals surface area (Å²) in [6.07, 6.45) is 0.759. The average Bonchev–Trinajstić information content (AvgIpc) is 2.57. The number of hydrogen-bond acceptors (Lipinski definition) is 2. The third-order valence-corrected chi connectivity index (χ3v) is 2.75. The molecule has 0 unspecified atom stereocenters. The Bertz CT molecular complexity index is 566. The van der Waals surface area contributed by atoms with E-state index in [1.165, 1.54) is 0 Å². The largest absolute Gasteiger partial charge is 0.465 e. The van der Waals surface area contributed by atoms with Gasteiger partial charge in [0.25, 0.3) is 0 Å². The summed E-state index contributed by atoms with van der Waals surface area (Å²) >= 11 is 3.41. The van der Waals surface area contributed by atoms with Crippen LogP contribution >= 0.6 is 15.9 Å². The summed E-state index contributed by atoms with van der Waals surface area (Å²) in [5.41, 5.74) is 2.15. The van der Waals surface area contributed by atoms with E-state index in [4.69, 9.17) is 5.11 Å². The molecular formula is C11H10BrN3O2. The smallest absolute Gasteiger partial charge is 0.409 e.